The molecule has 6 saturated carbocycles. The second-order valence-corrected chi connectivity index (χ2v) is 33.8. The Labute approximate surface area is 736 Å². The van der Waals surface area contributed by atoms with Crippen molar-refractivity contribution in [1.82, 2.24) is 124 Å². The fourth-order valence-corrected chi connectivity index (χ4v) is 14.7. The van der Waals surface area contributed by atoms with Crippen LogP contribution in [0.25, 0.3) is 58.6 Å². The van der Waals surface area contributed by atoms with Crippen molar-refractivity contribution in [2.75, 3.05) is 113 Å². The van der Waals surface area contributed by atoms with Crippen molar-refractivity contribution in [3.63, 3.8) is 0 Å². The highest BCUT2D eigenvalue weighted by molar-refractivity contribution is 6.19. The highest BCUT2D eigenvalue weighted by Crippen LogP contribution is 2.35. The Morgan fingerprint density at radius 2 is 0.685 bits per heavy atom. The molecule has 0 aromatic carbocycles. The first-order chi connectivity index (χ1) is 63.0. The number of alkyl halides is 1. The van der Waals surface area contributed by atoms with Crippen LogP contribution in [0.15, 0.2) is 58.8 Å². The Kier molecular flexibility index (Phi) is 23.4. The van der Waals surface area contributed by atoms with Gasteiger partial charge in [-0.3, -0.25) is 74.5 Å². The van der Waals surface area contributed by atoms with Crippen LogP contribution < -0.4 is 78.9 Å². The minimum atomic E-state index is -0.885. The Bertz CT molecular complexity index is 6430. The summed E-state index contributed by atoms with van der Waals surface area (Å²) in [6, 6.07) is 2.68. The zero-order valence-electron chi connectivity index (χ0n) is 70.9. The molecule has 7 saturated heterocycles. The molecule has 13 aliphatic rings. The third-order valence-corrected chi connectivity index (χ3v) is 22.5. The predicted molar refractivity (Wildman–Crippen MR) is 466 cm³/mol. The number of aromatic nitrogens is 20. The average molecular weight is 1780 g/mol. The number of hydrogen-bond acceptors (Lipinski definition) is 37. The standard InChI is InChI=1S/C18H21N7O3.C17H18FN7O2.C16H19N7O3.C16H17N7O2.C15H17N7O2/c26-14-8-10(16(27)22-14)7-11-9-19-25-15(11)23-17(20-13-3-5-28-6-4-13)24-18(25)21-12-1-2-12;18-11-3-4-24(8-11)16-22-14-10(5-9-6-13(26)21-15(9)27)7-19-25(14)17(23-16)20-12-1-2-12;1-26-5-4-17-15-21-13-10(6-9-7-12(24)20-14(9)25)8-18-23(13)16(22-15)19-11-2-3-11;24-12-6-8(14(25)20-12)5-9-7-17-23-13(9)21-15(18-10-1-2-10)22-16(23)19-11-3-4-11;1-21(2)14-19-12-9(5-8-6-11(23)18-13(8)24)7-16-22(12)15(20-14)17-10-3-4-10/h7,9,12-13H,1-6,8H2,(H,22,26,27)(H2,20,21,23,24);5,7,11-12H,1-4,6,8H2,(H,20,22,23)(H,21,26,27);6,8,11H,2-5,7H2,1H3,(H,20,24,25)(H2,17,19,21,22);5,7,10-11H,1-4,6H2,(H,20,24,25)(H2,18,19,21,22);5,7,10H,3-4,6H2,1-2H3,(H,17,19,20)(H,18,23,24)/b10-7+;9-5+;9-6+;2*8-5+. The first-order valence-corrected chi connectivity index (χ1v) is 43.3. The van der Waals surface area contributed by atoms with Crippen molar-refractivity contribution in [3.05, 3.63) is 86.7 Å². The van der Waals surface area contributed by atoms with Gasteiger partial charge < -0.3 is 61.8 Å². The lowest BCUT2D eigenvalue weighted by atomic mass is 10.1. The van der Waals surface area contributed by atoms with Gasteiger partial charge in [0.05, 0.1) is 76.2 Å². The number of fused-ring (bicyclic) bond motifs is 5. The van der Waals surface area contributed by atoms with E-state index in [1.54, 1.807) is 91.1 Å². The number of rotatable bonds is 25. The molecule has 130 heavy (non-hydrogen) atoms. The van der Waals surface area contributed by atoms with Crippen LogP contribution in [-0.2, 0) is 57.4 Å². The number of imide groups is 5. The molecule has 10 amide bonds. The van der Waals surface area contributed by atoms with Gasteiger partial charge in [-0.2, -0.15) is 97.9 Å². The van der Waals surface area contributed by atoms with Crippen LogP contribution in [0.3, 0.4) is 0 Å². The number of carbonyl (C=O) groups is 10. The third-order valence-electron chi connectivity index (χ3n) is 22.5. The van der Waals surface area contributed by atoms with Crippen molar-refractivity contribution in [2.45, 2.75) is 177 Å². The topological polar surface area (TPSA) is 567 Å². The first kappa shape index (κ1) is 84.5. The van der Waals surface area contributed by atoms with E-state index in [1.807, 2.05) is 23.9 Å². The SMILES string of the molecule is CN(C)c1nc(NC2CC2)n2ncc(/C=C3\CC(=O)NC3=O)c2n1.COCCNc1nc(NC2CC2)n2ncc(/C=C3\CC(=O)NC3=O)c2n1.O=C1C/C(=C\c2cnn3c(NC4CC4)nc(N4CCC(F)C4)nc23)C(=O)N1.O=C1C/C(=C\c2cnn3c(NC4CC4)nc(NC4CC4)nc23)C(=O)N1.O=C1C/C(=C\c2cnn3c(NC4CC4)nc(NC4CCOCC4)nc23)C(=O)N1. The maximum Gasteiger partial charge on any atom is 0.254 e. The molecule has 47 nitrogen and oxygen atoms in total. The molecule has 6 aliphatic carbocycles. The molecule has 0 radical (unpaired) electrons. The van der Waals surface area contributed by atoms with Gasteiger partial charge >= 0.3 is 0 Å². The fourth-order valence-electron chi connectivity index (χ4n) is 14.7. The summed E-state index contributed by atoms with van der Waals surface area (Å²) in [6.45, 7) is 3.36. The van der Waals surface area contributed by atoms with Gasteiger partial charge in [-0.25, -0.2) is 4.39 Å². The van der Waals surface area contributed by atoms with Gasteiger partial charge in [0.2, 0.25) is 89.0 Å². The van der Waals surface area contributed by atoms with Gasteiger partial charge in [0.25, 0.3) is 29.5 Å². The van der Waals surface area contributed by atoms with Crippen molar-refractivity contribution in [2.24, 2.45) is 0 Å². The smallest absolute Gasteiger partial charge is 0.254 e. The summed E-state index contributed by atoms with van der Waals surface area (Å²) < 4.78 is 32.2. The zero-order valence-corrected chi connectivity index (χ0v) is 70.9. The van der Waals surface area contributed by atoms with Gasteiger partial charge in [-0.05, 0) is 127 Å². The van der Waals surface area contributed by atoms with E-state index in [1.165, 1.54) is 0 Å². The second kappa shape index (κ2) is 36.0. The summed E-state index contributed by atoms with van der Waals surface area (Å²) in [4.78, 5) is 165. The minimum Gasteiger partial charge on any atom is -0.383 e. The second-order valence-electron chi connectivity index (χ2n) is 33.8. The Hall–Kier alpha value is -15.0. The largest absolute Gasteiger partial charge is 0.383 e. The molecule has 10 aromatic rings. The van der Waals surface area contributed by atoms with Crippen LogP contribution in [0.4, 0.5) is 63.9 Å². The van der Waals surface area contributed by atoms with Gasteiger partial charge in [0.15, 0.2) is 28.2 Å². The van der Waals surface area contributed by atoms with Gasteiger partial charge in [0, 0.05) is 145 Å². The van der Waals surface area contributed by atoms with Crippen LogP contribution in [-0.4, -0.2) is 266 Å². The summed E-state index contributed by atoms with van der Waals surface area (Å²) in [5.74, 6) is 2.23. The number of hydrogen-bond donors (Lipinski definition) is 13. The number of halogens is 1. The lowest BCUT2D eigenvalue weighted by Crippen LogP contribution is -2.29. The highest BCUT2D eigenvalue weighted by Gasteiger charge is 2.36. The van der Waals surface area contributed by atoms with Crippen LogP contribution in [0.1, 0.15) is 156 Å². The molecule has 17 heterocycles. The van der Waals surface area contributed by atoms with Gasteiger partial charge in [-0.15, -0.1) is 0 Å². The number of nitrogens with zero attached hydrogens (tertiary/aromatic N) is 22. The molecule has 23 rings (SSSR count). The molecule has 13 N–H and O–H groups in total. The summed E-state index contributed by atoms with van der Waals surface area (Å²) in [6.07, 6.45) is 31.4. The van der Waals surface area contributed by atoms with Gasteiger partial charge in [-0.1, -0.05) is 0 Å². The highest BCUT2D eigenvalue weighted by atomic mass is 19.1. The fraction of sp³-hybridized carbons (Fsp3) is 0.451. The third kappa shape index (κ3) is 20.0. The molecule has 674 valence electrons. The Morgan fingerprint density at radius 3 is 0.992 bits per heavy atom. The van der Waals surface area contributed by atoms with E-state index in [2.05, 4.69) is 144 Å². The Balaban J connectivity index is 0.000000105. The molecule has 7 aliphatic heterocycles. The number of nitrogens with one attached hydrogen (secondary N) is 13. The molecule has 1 atom stereocenters. The van der Waals surface area contributed by atoms with Crippen LogP contribution in [0.5, 0.6) is 0 Å². The molecular weight excluding hydrogens is 1690 g/mol. The quantitative estimate of drug-likeness (QED) is 0.0222. The van der Waals surface area contributed by atoms with Crippen LogP contribution in [0, 0.1) is 0 Å². The van der Waals surface area contributed by atoms with E-state index >= 15 is 0 Å². The normalized spacial score (nSPS) is 21.2. The van der Waals surface area contributed by atoms with Crippen molar-refractivity contribution < 1.29 is 61.8 Å². The lowest BCUT2D eigenvalue weighted by Gasteiger charge is -2.23. The minimum absolute atomic E-state index is 0.0386. The summed E-state index contributed by atoms with van der Waals surface area (Å²) in [5, 5.41) is 59.8. The predicted octanol–water partition coefficient (Wildman–Crippen LogP) is 2.48. The molecule has 0 bridgehead atoms. The zero-order chi connectivity index (χ0) is 89.5. The number of methoxy groups -OCH3 is 1. The lowest BCUT2D eigenvalue weighted by molar-refractivity contribution is -0.125. The van der Waals surface area contributed by atoms with Crippen LogP contribution in [0.2, 0.25) is 0 Å². The molecule has 0 spiro atoms. The molecular formula is C82H92FN35O12. The summed E-state index contributed by atoms with van der Waals surface area (Å²) >= 11 is 0. The molecule has 48 heteroatoms. The van der Waals surface area contributed by atoms with Gasteiger partial charge in [0.1, 0.15) is 6.17 Å². The number of amides is 10. The van der Waals surface area contributed by atoms with E-state index in [0.29, 0.717) is 206 Å². The van der Waals surface area contributed by atoms with E-state index < -0.39 is 12.1 Å². The molecule has 10 aromatic heterocycles. The van der Waals surface area contributed by atoms with Crippen molar-refractivity contribution in [3.8, 4) is 0 Å². The first-order valence-electron chi connectivity index (χ1n) is 43.3. The van der Waals surface area contributed by atoms with E-state index in [4.69, 9.17) is 9.47 Å². The molecule has 13 fully saturated rings. The monoisotopic (exact) mass is 1780 g/mol. The van der Waals surface area contributed by atoms with E-state index in [9.17, 15) is 52.3 Å². The van der Waals surface area contributed by atoms with Crippen molar-refractivity contribution >= 4 is 177 Å². The number of ether oxygens (including phenoxy) is 2. The van der Waals surface area contributed by atoms with Crippen molar-refractivity contribution in [1.29, 1.82) is 0 Å². The van der Waals surface area contributed by atoms with E-state index in [-0.39, 0.29) is 97.9 Å². The average Bonchev–Trinajstić information content (AvgIpc) is 1.64. The maximum atomic E-state index is 13.6. The summed E-state index contributed by atoms with van der Waals surface area (Å²) in [5.41, 5.74) is 8.21. The van der Waals surface area contributed by atoms with Crippen LogP contribution >= 0.6 is 0 Å². The molecule has 1 unspecified atom stereocenters. The van der Waals surface area contributed by atoms with E-state index in [0.717, 1.165) is 103 Å². The number of carbonyl (C=O) groups excluding carboxylic acids is 10. The number of anilines is 10. The Morgan fingerprint density at radius 1 is 0.385 bits per heavy atom. The maximum absolute atomic E-state index is 13.6. The summed E-state index contributed by atoms with van der Waals surface area (Å²) in [7, 11) is 5.36.